The maximum atomic E-state index is 9.43. The van der Waals surface area contributed by atoms with Crippen molar-refractivity contribution in [3.05, 3.63) is 0 Å². The Bertz CT molecular complexity index is 136. The van der Waals surface area contributed by atoms with E-state index in [9.17, 15) is 10.2 Å². The third kappa shape index (κ3) is 4.95. The largest absolute Gasteiger partial charge is 0.390 e. The molecule has 1 aliphatic rings. The number of halogens is 1. The van der Waals surface area contributed by atoms with E-state index in [0.29, 0.717) is 0 Å². The van der Waals surface area contributed by atoms with E-state index in [1.807, 2.05) is 6.92 Å². The summed E-state index contributed by atoms with van der Waals surface area (Å²) in [5, 5.41) is 18.6. The summed E-state index contributed by atoms with van der Waals surface area (Å²) in [6.45, 7) is 3.58. The average Bonchev–Trinajstić information content (AvgIpc) is 1.97. The molecule has 5 atom stereocenters. The Kier molecular flexibility index (Phi) is 12.0. The molecule has 3 nitrogen and oxygen atoms in total. The maximum Gasteiger partial charge on any atom is 0.118 e. The van der Waals surface area contributed by atoms with Crippen molar-refractivity contribution in [2.24, 2.45) is 5.92 Å². The topological polar surface area (TPSA) is 49.7 Å². The van der Waals surface area contributed by atoms with Gasteiger partial charge in [-0.25, -0.2) is 0 Å². The zero-order valence-electron chi connectivity index (χ0n) is 7.72. The van der Waals surface area contributed by atoms with E-state index >= 15 is 0 Å². The Labute approximate surface area is 159 Å². The molecule has 6 heteroatoms. The predicted molar refractivity (Wildman–Crippen MR) is 44.4 cm³/mol. The van der Waals surface area contributed by atoms with Gasteiger partial charge in [0.25, 0.3) is 0 Å². The Morgan fingerprint density at radius 2 is 1.54 bits per heavy atom. The molecule has 1 saturated heterocycles. The van der Waals surface area contributed by atoms with Crippen LogP contribution in [0.2, 0.25) is 0 Å². The molecule has 0 bridgehead atoms. The molecule has 2 unspecified atom stereocenters. The molecule has 0 aromatic carbocycles. The van der Waals surface area contributed by atoms with Gasteiger partial charge in [0.15, 0.2) is 0 Å². The van der Waals surface area contributed by atoms with E-state index in [2.05, 4.69) is 15.9 Å². The third-order valence-electron chi connectivity index (χ3n) is 2.13. The predicted octanol–water partition coefficient (Wildman–Crippen LogP) is 0.484. The molecule has 0 saturated carbocycles. The second kappa shape index (κ2) is 8.35. The summed E-state index contributed by atoms with van der Waals surface area (Å²) in [7, 11) is 0. The fourth-order valence-corrected chi connectivity index (χ4v) is 1.81. The number of ether oxygens (including phenoxy) is 1. The summed E-state index contributed by atoms with van der Waals surface area (Å²) in [6, 6.07) is 0. The quantitative estimate of drug-likeness (QED) is 0.367. The van der Waals surface area contributed by atoms with Gasteiger partial charge in [-0.05, 0) is 6.92 Å². The van der Waals surface area contributed by atoms with E-state index in [-0.39, 0.29) is 105 Å². The Morgan fingerprint density at radius 3 is 2.00 bits per heavy atom. The van der Waals surface area contributed by atoms with Gasteiger partial charge in [-0.1, -0.05) is 22.9 Å². The summed E-state index contributed by atoms with van der Waals surface area (Å²) in [6.07, 6.45) is -1.76. The van der Waals surface area contributed by atoms with Crippen molar-refractivity contribution in [3.8, 4) is 0 Å². The van der Waals surface area contributed by atoms with Gasteiger partial charge in [-0.2, -0.15) is 0 Å². The third-order valence-corrected chi connectivity index (χ3v) is 3.18. The summed E-state index contributed by atoms with van der Waals surface area (Å²) < 4.78 is 5.29. The smallest absolute Gasteiger partial charge is 0.118 e. The monoisotopic (exact) mass is 678 g/mol. The van der Waals surface area contributed by atoms with Gasteiger partial charge in [0.05, 0.1) is 12.2 Å². The summed E-state index contributed by atoms with van der Waals surface area (Å²) in [5.74, 6) is -0.0683. The van der Waals surface area contributed by atoms with Gasteiger partial charge in [0.2, 0.25) is 0 Å². The minimum atomic E-state index is -0.765. The van der Waals surface area contributed by atoms with Gasteiger partial charge in [-0.3, -0.25) is 0 Å². The van der Waals surface area contributed by atoms with Crippen molar-refractivity contribution in [1.29, 1.82) is 0 Å². The molecule has 1 fully saturated rings. The minimum Gasteiger partial charge on any atom is -0.390 e. The van der Waals surface area contributed by atoms with Gasteiger partial charge < -0.3 is 14.9 Å². The zero-order chi connectivity index (χ0) is 8.59. The van der Waals surface area contributed by atoms with Gasteiger partial charge in [0.1, 0.15) is 11.1 Å². The van der Waals surface area contributed by atoms with Crippen molar-refractivity contribution < 1.29 is 103 Å². The van der Waals surface area contributed by atoms with Crippen molar-refractivity contribution in [3.63, 3.8) is 0 Å². The van der Waals surface area contributed by atoms with Crippen molar-refractivity contribution >= 4 is 15.9 Å². The molecule has 72 valence electrons. The molecular formula is C7H13Ac2BrO3. The Morgan fingerprint density at radius 1 is 1.08 bits per heavy atom. The molecule has 2 radical (unpaired) electrons. The summed E-state index contributed by atoms with van der Waals surface area (Å²) >= 11 is 3.27. The number of aliphatic hydroxyl groups excluding tert-OH is 2. The van der Waals surface area contributed by atoms with Crippen LogP contribution in [0.25, 0.3) is 0 Å². The van der Waals surface area contributed by atoms with Gasteiger partial charge >= 0.3 is 0 Å². The van der Waals surface area contributed by atoms with E-state index < -0.39 is 12.2 Å². The Balaban J connectivity index is 0. The summed E-state index contributed by atoms with van der Waals surface area (Å²) in [5.41, 5.74) is 0. The van der Waals surface area contributed by atoms with Crippen LogP contribution in [0.1, 0.15) is 13.8 Å². The molecule has 0 spiro atoms. The summed E-state index contributed by atoms with van der Waals surface area (Å²) in [4.78, 5) is 0. The number of hydrogen-bond donors (Lipinski definition) is 2. The molecule has 0 aromatic rings. The standard InChI is InChI=1S/C7H13BrO3.2Ac/c1-3-5(9)6(10)4(2)11-7(3)8;;/h3-7,9-10H,1-2H3;;/t3?,4-,5-,6-,7?;;/m0../s1. The number of aliphatic hydroxyl groups is 2. The van der Waals surface area contributed by atoms with Crippen LogP contribution in [0.3, 0.4) is 0 Å². The van der Waals surface area contributed by atoms with Crippen LogP contribution in [0.5, 0.6) is 0 Å². The molecule has 0 aliphatic carbocycles. The van der Waals surface area contributed by atoms with Crippen LogP contribution in [0.4, 0.5) is 0 Å². The number of hydrogen-bond acceptors (Lipinski definition) is 3. The molecule has 2 N–H and O–H groups in total. The Hall–Kier alpha value is 3.24. The second-order valence-electron chi connectivity index (χ2n) is 3.03. The van der Waals surface area contributed by atoms with Crippen LogP contribution in [0.15, 0.2) is 0 Å². The molecular weight excluding hydrogens is 666 g/mol. The molecule has 1 aliphatic heterocycles. The maximum absolute atomic E-state index is 9.43. The second-order valence-corrected chi connectivity index (χ2v) is 3.94. The molecule has 0 aromatic heterocycles. The van der Waals surface area contributed by atoms with E-state index in [1.54, 1.807) is 6.92 Å². The first-order valence-electron chi connectivity index (χ1n) is 3.69. The molecule has 0 amide bonds. The minimum absolute atomic E-state index is 0. The first-order chi connectivity index (χ1) is 5.04. The molecule has 13 heavy (non-hydrogen) atoms. The fraction of sp³-hybridized carbons (Fsp3) is 1.00. The first-order valence-corrected chi connectivity index (χ1v) is 4.61. The van der Waals surface area contributed by atoms with Crippen molar-refractivity contribution in [2.45, 2.75) is 37.2 Å². The number of alkyl halides is 1. The van der Waals surface area contributed by atoms with Crippen molar-refractivity contribution in [2.75, 3.05) is 0 Å². The zero-order valence-corrected chi connectivity index (χ0v) is 18.8. The van der Waals surface area contributed by atoms with E-state index in [1.165, 1.54) is 0 Å². The van der Waals surface area contributed by atoms with Crippen LogP contribution in [-0.2, 0) is 4.74 Å². The van der Waals surface area contributed by atoms with Crippen LogP contribution >= 0.6 is 15.9 Å². The SMILES string of the molecule is CC1C(Br)O[C@@H](C)[C@H](O)[C@H]1O.[Ac].[Ac]. The first kappa shape index (κ1) is 18.6. The van der Waals surface area contributed by atoms with Crippen molar-refractivity contribution in [1.82, 2.24) is 0 Å². The number of rotatable bonds is 0. The normalized spacial score (nSPS) is 44.5. The molecule has 1 rings (SSSR count). The van der Waals surface area contributed by atoms with E-state index in [0.717, 1.165) is 0 Å². The van der Waals surface area contributed by atoms with Crippen LogP contribution in [0, 0.1) is 94.0 Å². The molecule has 1 heterocycles. The van der Waals surface area contributed by atoms with Crippen LogP contribution in [-0.4, -0.2) is 33.5 Å². The van der Waals surface area contributed by atoms with Gasteiger partial charge in [-0.15, -0.1) is 0 Å². The fourth-order valence-electron chi connectivity index (χ4n) is 1.15. The van der Waals surface area contributed by atoms with Crippen LogP contribution < -0.4 is 0 Å². The van der Waals surface area contributed by atoms with Gasteiger partial charge in [0, 0.05) is 94.0 Å². The van der Waals surface area contributed by atoms with E-state index in [4.69, 9.17) is 4.74 Å². The average molecular weight is 679 g/mol.